The zero-order valence-electron chi connectivity index (χ0n) is 9.40. The van der Waals surface area contributed by atoms with E-state index < -0.39 is 6.43 Å². The van der Waals surface area contributed by atoms with Crippen LogP contribution in [0.5, 0.6) is 0 Å². The monoisotopic (exact) mass is 237 g/mol. The van der Waals surface area contributed by atoms with E-state index in [0.29, 0.717) is 5.69 Å². The number of hydrogen-bond donors (Lipinski definition) is 1. The van der Waals surface area contributed by atoms with E-state index in [0.717, 1.165) is 16.5 Å². The van der Waals surface area contributed by atoms with Gasteiger partial charge in [0.1, 0.15) is 0 Å². The fourth-order valence-electron chi connectivity index (χ4n) is 1.83. The average molecular weight is 237 g/mol. The molecular formula is C12H13F2N3. The summed E-state index contributed by atoms with van der Waals surface area (Å²) in [6.45, 7) is -0.304. The quantitative estimate of drug-likeness (QED) is 0.834. The van der Waals surface area contributed by atoms with E-state index in [1.807, 2.05) is 0 Å². The molecule has 0 spiro atoms. The third-order valence-electron chi connectivity index (χ3n) is 2.65. The van der Waals surface area contributed by atoms with Gasteiger partial charge in [0.2, 0.25) is 0 Å². The summed E-state index contributed by atoms with van der Waals surface area (Å²) in [6.07, 6.45) is 0.903. The summed E-state index contributed by atoms with van der Waals surface area (Å²) in [4.78, 5) is 5.51. The Kier molecular flexibility index (Phi) is 3.08. The number of benzene rings is 1. The minimum atomic E-state index is -2.37. The van der Waals surface area contributed by atoms with Gasteiger partial charge in [-0.3, -0.25) is 4.98 Å². The number of hydrogen-bond acceptors (Lipinski definition) is 3. The molecule has 5 heteroatoms. The summed E-state index contributed by atoms with van der Waals surface area (Å²) in [5.74, 6) is 0. The number of anilines is 2. The predicted molar refractivity (Wildman–Crippen MR) is 65.4 cm³/mol. The van der Waals surface area contributed by atoms with Crippen molar-refractivity contribution in [3.63, 3.8) is 0 Å². The van der Waals surface area contributed by atoms with Crippen molar-refractivity contribution in [2.75, 3.05) is 24.2 Å². The Morgan fingerprint density at radius 1 is 1.29 bits per heavy atom. The van der Waals surface area contributed by atoms with Gasteiger partial charge in [0.15, 0.2) is 0 Å². The molecule has 0 fully saturated rings. The zero-order chi connectivity index (χ0) is 12.4. The highest BCUT2D eigenvalue weighted by atomic mass is 19.3. The van der Waals surface area contributed by atoms with Gasteiger partial charge < -0.3 is 10.6 Å². The predicted octanol–water partition coefficient (Wildman–Crippen LogP) is 2.52. The maximum atomic E-state index is 12.4. The van der Waals surface area contributed by atoms with Crippen molar-refractivity contribution in [1.82, 2.24) is 4.98 Å². The minimum absolute atomic E-state index is 0.304. The Morgan fingerprint density at radius 2 is 2.06 bits per heavy atom. The van der Waals surface area contributed by atoms with Gasteiger partial charge >= 0.3 is 0 Å². The molecule has 0 bridgehead atoms. The summed E-state index contributed by atoms with van der Waals surface area (Å²) in [6, 6.07) is 5.24. The van der Waals surface area contributed by atoms with Gasteiger partial charge in [0, 0.05) is 41.6 Å². The first-order chi connectivity index (χ1) is 8.09. The molecule has 1 aromatic carbocycles. The van der Waals surface area contributed by atoms with E-state index in [9.17, 15) is 8.78 Å². The summed E-state index contributed by atoms with van der Waals surface area (Å²) >= 11 is 0. The average Bonchev–Trinajstić information content (AvgIpc) is 2.29. The summed E-state index contributed by atoms with van der Waals surface area (Å²) < 4.78 is 24.7. The van der Waals surface area contributed by atoms with Crippen LogP contribution in [0.3, 0.4) is 0 Å². The van der Waals surface area contributed by atoms with Crippen LogP contribution < -0.4 is 10.6 Å². The highest BCUT2D eigenvalue weighted by Crippen LogP contribution is 2.29. The van der Waals surface area contributed by atoms with Crippen molar-refractivity contribution >= 4 is 22.1 Å². The molecule has 17 heavy (non-hydrogen) atoms. The lowest BCUT2D eigenvalue weighted by atomic mass is 10.1. The van der Waals surface area contributed by atoms with E-state index in [-0.39, 0.29) is 6.54 Å². The number of nitrogens with two attached hydrogens (primary N) is 1. The first kappa shape index (κ1) is 11.6. The standard InChI is InChI=1S/C12H13F2N3/c1-17(7-12(13)14)11-3-2-10(15)9-6-16-5-4-8(9)11/h2-6,12H,7,15H2,1H3. The normalized spacial score (nSPS) is 11.1. The van der Waals surface area contributed by atoms with Crippen LogP contribution in [0.2, 0.25) is 0 Å². The molecule has 0 radical (unpaired) electrons. The van der Waals surface area contributed by atoms with E-state index in [1.54, 1.807) is 37.6 Å². The molecule has 1 aromatic heterocycles. The third kappa shape index (κ3) is 2.27. The molecule has 0 aliphatic rings. The Labute approximate surface area is 97.9 Å². The second-order valence-electron chi connectivity index (χ2n) is 3.87. The van der Waals surface area contributed by atoms with Gasteiger partial charge in [0.25, 0.3) is 6.43 Å². The molecular weight excluding hydrogens is 224 g/mol. The molecule has 0 aliphatic carbocycles. The number of fused-ring (bicyclic) bond motifs is 1. The molecule has 0 saturated heterocycles. The Bertz CT molecular complexity index is 528. The second-order valence-corrected chi connectivity index (χ2v) is 3.87. The number of nitrogen functional groups attached to an aromatic ring is 1. The molecule has 0 saturated carbocycles. The molecule has 3 nitrogen and oxygen atoms in total. The number of alkyl halides is 2. The van der Waals surface area contributed by atoms with Gasteiger partial charge in [-0.25, -0.2) is 8.78 Å². The Hall–Kier alpha value is -1.91. The van der Waals surface area contributed by atoms with Crippen molar-refractivity contribution < 1.29 is 8.78 Å². The van der Waals surface area contributed by atoms with Gasteiger partial charge in [-0.05, 0) is 18.2 Å². The summed E-state index contributed by atoms with van der Waals surface area (Å²) in [7, 11) is 1.64. The minimum Gasteiger partial charge on any atom is -0.398 e. The lowest BCUT2D eigenvalue weighted by Crippen LogP contribution is -2.24. The molecule has 90 valence electrons. The number of nitrogens with zero attached hydrogens (tertiary/aromatic N) is 2. The molecule has 0 atom stereocenters. The number of pyridine rings is 1. The third-order valence-corrected chi connectivity index (χ3v) is 2.65. The maximum absolute atomic E-state index is 12.4. The van der Waals surface area contributed by atoms with Crippen molar-refractivity contribution in [2.45, 2.75) is 6.43 Å². The summed E-state index contributed by atoms with van der Waals surface area (Å²) in [5, 5.41) is 1.62. The van der Waals surface area contributed by atoms with Crippen molar-refractivity contribution in [3.05, 3.63) is 30.6 Å². The van der Waals surface area contributed by atoms with Crippen LogP contribution in [0.1, 0.15) is 0 Å². The van der Waals surface area contributed by atoms with E-state index in [4.69, 9.17) is 5.73 Å². The number of aromatic nitrogens is 1. The van der Waals surface area contributed by atoms with Crippen LogP contribution in [0.25, 0.3) is 10.8 Å². The van der Waals surface area contributed by atoms with Crippen LogP contribution in [0.4, 0.5) is 20.2 Å². The number of halogens is 2. The van der Waals surface area contributed by atoms with Crippen LogP contribution in [-0.2, 0) is 0 Å². The molecule has 0 aliphatic heterocycles. The van der Waals surface area contributed by atoms with Crippen LogP contribution >= 0.6 is 0 Å². The van der Waals surface area contributed by atoms with E-state index in [1.165, 1.54) is 4.90 Å². The van der Waals surface area contributed by atoms with E-state index in [2.05, 4.69) is 4.98 Å². The van der Waals surface area contributed by atoms with Crippen molar-refractivity contribution in [1.29, 1.82) is 0 Å². The maximum Gasteiger partial charge on any atom is 0.255 e. The Morgan fingerprint density at radius 3 is 2.76 bits per heavy atom. The van der Waals surface area contributed by atoms with Gasteiger partial charge in [-0.1, -0.05) is 0 Å². The fraction of sp³-hybridized carbons (Fsp3) is 0.250. The van der Waals surface area contributed by atoms with Gasteiger partial charge in [-0.15, -0.1) is 0 Å². The van der Waals surface area contributed by atoms with Crippen molar-refractivity contribution in [2.24, 2.45) is 0 Å². The Balaban J connectivity index is 2.51. The smallest absolute Gasteiger partial charge is 0.255 e. The molecule has 1 heterocycles. The van der Waals surface area contributed by atoms with E-state index >= 15 is 0 Å². The zero-order valence-corrected chi connectivity index (χ0v) is 9.40. The van der Waals surface area contributed by atoms with Crippen LogP contribution in [0, 0.1) is 0 Å². The molecule has 2 rings (SSSR count). The first-order valence-electron chi connectivity index (χ1n) is 5.21. The van der Waals surface area contributed by atoms with Gasteiger partial charge in [0.05, 0.1) is 6.54 Å². The number of rotatable bonds is 3. The first-order valence-corrected chi connectivity index (χ1v) is 5.21. The lowest BCUT2D eigenvalue weighted by molar-refractivity contribution is 0.156. The largest absolute Gasteiger partial charge is 0.398 e. The summed E-state index contributed by atoms with van der Waals surface area (Å²) in [5.41, 5.74) is 7.15. The highest BCUT2D eigenvalue weighted by molar-refractivity contribution is 6.00. The molecule has 2 N–H and O–H groups in total. The molecule has 0 amide bonds. The lowest BCUT2D eigenvalue weighted by Gasteiger charge is -2.21. The molecule has 2 aromatic rings. The molecule has 0 unspecified atom stereocenters. The second kappa shape index (κ2) is 4.53. The SMILES string of the molecule is CN(CC(F)F)c1ccc(N)c2cnccc12. The van der Waals surface area contributed by atoms with Crippen LogP contribution in [-0.4, -0.2) is 25.0 Å². The highest BCUT2D eigenvalue weighted by Gasteiger charge is 2.12. The van der Waals surface area contributed by atoms with Crippen molar-refractivity contribution in [3.8, 4) is 0 Å². The van der Waals surface area contributed by atoms with Gasteiger partial charge in [-0.2, -0.15) is 0 Å². The fourth-order valence-corrected chi connectivity index (χ4v) is 1.83. The van der Waals surface area contributed by atoms with Crippen LogP contribution in [0.15, 0.2) is 30.6 Å². The topological polar surface area (TPSA) is 42.1 Å².